The molecule has 3 fully saturated rings. The van der Waals surface area contributed by atoms with Gasteiger partial charge < -0.3 is 20.0 Å². The number of nitrogens with zero attached hydrogens (tertiary/aromatic N) is 3. The van der Waals surface area contributed by atoms with E-state index >= 15 is 0 Å². The highest BCUT2D eigenvalue weighted by molar-refractivity contribution is 5.89. The summed E-state index contributed by atoms with van der Waals surface area (Å²) in [6.07, 6.45) is 3.76. The predicted molar refractivity (Wildman–Crippen MR) is 124 cm³/mol. The van der Waals surface area contributed by atoms with Crippen molar-refractivity contribution >= 4 is 17.6 Å². The highest BCUT2D eigenvalue weighted by atomic mass is 16.2. The maximum absolute atomic E-state index is 13.3. The smallest absolute Gasteiger partial charge is 0.321 e. The number of benzene rings is 1. The Labute approximate surface area is 187 Å². The van der Waals surface area contributed by atoms with E-state index in [1.54, 1.807) is 0 Å². The van der Waals surface area contributed by atoms with Gasteiger partial charge in [-0.05, 0) is 49.3 Å². The number of carbonyl (C=O) groups is 2. The highest BCUT2D eigenvalue weighted by Crippen LogP contribution is 2.57. The molecule has 0 bridgehead atoms. The van der Waals surface area contributed by atoms with E-state index in [1.807, 2.05) is 29.0 Å². The third-order valence-electron chi connectivity index (χ3n) is 7.91. The van der Waals surface area contributed by atoms with Crippen LogP contribution in [0.2, 0.25) is 0 Å². The first-order valence-corrected chi connectivity index (χ1v) is 11.9. The van der Waals surface area contributed by atoms with E-state index in [-0.39, 0.29) is 16.9 Å². The van der Waals surface area contributed by atoms with Gasteiger partial charge >= 0.3 is 6.03 Å². The first-order chi connectivity index (χ1) is 14.8. The van der Waals surface area contributed by atoms with Crippen molar-refractivity contribution in [3.63, 3.8) is 0 Å². The lowest BCUT2D eigenvalue weighted by Gasteiger charge is -2.46. The van der Waals surface area contributed by atoms with Crippen LogP contribution in [0.4, 0.5) is 10.5 Å². The molecular formula is C25H38N4O2. The van der Waals surface area contributed by atoms with Gasteiger partial charge in [0.1, 0.15) is 0 Å². The van der Waals surface area contributed by atoms with Gasteiger partial charge in [0.25, 0.3) is 0 Å². The first kappa shape index (κ1) is 22.1. The van der Waals surface area contributed by atoms with E-state index in [4.69, 9.17) is 0 Å². The molecule has 1 aromatic rings. The number of fused-ring (bicyclic) bond motifs is 1. The molecule has 1 N–H and O–H groups in total. The number of hydrogen-bond acceptors (Lipinski definition) is 3. The van der Waals surface area contributed by atoms with E-state index in [0.29, 0.717) is 24.9 Å². The molecule has 1 aromatic carbocycles. The minimum atomic E-state index is -0.269. The van der Waals surface area contributed by atoms with E-state index in [1.165, 1.54) is 5.56 Å². The minimum Gasteiger partial charge on any atom is -0.345 e. The maximum atomic E-state index is 13.3. The molecule has 170 valence electrons. The summed E-state index contributed by atoms with van der Waals surface area (Å²) in [5.74, 6) is 0.916. The van der Waals surface area contributed by atoms with Gasteiger partial charge in [0, 0.05) is 57.4 Å². The molecular weight excluding hydrogens is 388 g/mol. The van der Waals surface area contributed by atoms with E-state index < -0.39 is 0 Å². The molecule has 3 amide bonds. The molecule has 0 aliphatic carbocycles. The topological polar surface area (TPSA) is 55.9 Å². The average Bonchev–Trinajstić information content (AvgIpc) is 3.20. The fourth-order valence-electron chi connectivity index (χ4n) is 6.20. The zero-order valence-corrected chi connectivity index (χ0v) is 19.6. The highest BCUT2D eigenvalue weighted by Gasteiger charge is 2.64. The van der Waals surface area contributed by atoms with Gasteiger partial charge in [-0.1, -0.05) is 32.9 Å². The average molecular weight is 427 g/mol. The Morgan fingerprint density at radius 1 is 1.06 bits per heavy atom. The fraction of sp³-hybridized carbons (Fsp3) is 0.680. The molecule has 3 aliphatic heterocycles. The Kier molecular flexibility index (Phi) is 6.03. The van der Waals surface area contributed by atoms with E-state index in [9.17, 15) is 9.59 Å². The fourth-order valence-corrected chi connectivity index (χ4v) is 6.20. The van der Waals surface area contributed by atoms with Crippen molar-refractivity contribution in [2.75, 3.05) is 51.6 Å². The van der Waals surface area contributed by atoms with Crippen molar-refractivity contribution in [3.8, 4) is 0 Å². The SMILES string of the molecule is CCc1ccc(NC(=O)N2CCC3(CC2)CN(CC(C)C)C[C@@]32CCN(C)C2=O)cc1. The number of nitrogens with one attached hydrogen (secondary N) is 1. The Morgan fingerprint density at radius 3 is 2.29 bits per heavy atom. The lowest BCUT2D eigenvalue weighted by Crippen LogP contribution is -2.54. The molecule has 6 heteroatoms. The lowest BCUT2D eigenvalue weighted by molar-refractivity contribution is -0.141. The summed E-state index contributed by atoms with van der Waals surface area (Å²) < 4.78 is 0. The van der Waals surface area contributed by atoms with E-state index in [2.05, 4.69) is 43.1 Å². The molecule has 4 rings (SSSR count). The molecule has 3 heterocycles. The summed E-state index contributed by atoms with van der Waals surface area (Å²) in [6, 6.07) is 8.05. The van der Waals surface area contributed by atoms with Crippen molar-refractivity contribution in [1.82, 2.24) is 14.7 Å². The zero-order chi connectivity index (χ0) is 22.2. The van der Waals surface area contributed by atoms with Crippen LogP contribution < -0.4 is 5.32 Å². The van der Waals surface area contributed by atoms with Crippen molar-refractivity contribution in [2.24, 2.45) is 16.7 Å². The van der Waals surface area contributed by atoms with Crippen LogP contribution in [-0.2, 0) is 11.2 Å². The summed E-state index contributed by atoms with van der Waals surface area (Å²) in [5.41, 5.74) is 1.83. The molecule has 3 saturated heterocycles. The largest absolute Gasteiger partial charge is 0.345 e. The maximum Gasteiger partial charge on any atom is 0.321 e. The predicted octanol–water partition coefficient (Wildman–Crippen LogP) is 3.68. The third kappa shape index (κ3) is 3.95. The molecule has 0 radical (unpaired) electrons. The summed E-state index contributed by atoms with van der Waals surface area (Å²) in [7, 11) is 1.95. The summed E-state index contributed by atoms with van der Waals surface area (Å²) in [5, 5.41) is 3.06. The van der Waals surface area contributed by atoms with Gasteiger partial charge in [-0.15, -0.1) is 0 Å². The second kappa shape index (κ2) is 8.45. The second-order valence-corrected chi connectivity index (χ2v) is 10.4. The van der Waals surface area contributed by atoms with Crippen LogP contribution in [0.15, 0.2) is 24.3 Å². The van der Waals surface area contributed by atoms with Gasteiger partial charge in [-0.25, -0.2) is 4.79 Å². The van der Waals surface area contributed by atoms with Crippen LogP contribution in [0.1, 0.15) is 45.6 Å². The van der Waals surface area contributed by atoms with Gasteiger partial charge in [0.2, 0.25) is 5.91 Å². The summed E-state index contributed by atoms with van der Waals surface area (Å²) >= 11 is 0. The van der Waals surface area contributed by atoms with Crippen LogP contribution in [0.25, 0.3) is 0 Å². The zero-order valence-electron chi connectivity index (χ0n) is 19.6. The number of amides is 3. The van der Waals surface area contributed by atoms with Gasteiger partial charge in [-0.3, -0.25) is 4.79 Å². The quantitative estimate of drug-likeness (QED) is 0.799. The van der Waals surface area contributed by atoms with Crippen LogP contribution >= 0.6 is 0 Å². The number of aryl methyl sites for hydroxylation is 1. The van der Waals surface area contributed by atoms with Gasteiger partial charge in [-0.2, -0.15) is 0 Å². The Morgan fingerprint density at radius 2 is 1.74 bits per heavy atom. The monoisotopic (exact) mass is 426 g/mol. The molecule has 0 unspecified atom stereocenters. The molecule has 3 aliphatic rings. The van der Waals surface area contributed by atoms with Crippen molar-refractivity contribution in [2.45, 2.75) is 46.5 Å². The Balaban J connectivity index is 1.45. The number of rotatable bonds is 4. The minimum absolute atomic E-state index is 0.0106. The second-order valence-electron chi connectivity index (χ2n) is 10.4. The molecule has 2 spiro atoms. The summed E-state index contributed by atoms with van der Waals surface area (Å²) in [4.78, 5) is 32.6. The first-order valence-electron chi connectivity index (χ1n) is 11.9. The third-order valence-corrected chi connectivity index (χ3v) is 7.91. The molecule has 0 saturated carbocycles. The van der Waals surface area contributed by atoms with Crippen LogP contribution in [-0.4, -0.2) is 73.0 Å². The standard InChI is InChI=1S/C25H38N4O2/c1-5-20-6-8-21(9-7-20)26-23(31)29-14-10-24(11-15-29)17-28(16-19(2)3)18-25(24)12-13-27(4)22(25)30/h6-9,19H,5,10-18H2,1-4H3,(H,26,31)/t25-/m1/s1. The number of piperidine rings is 1. The summed E-state index contributed by atoms with van der Waals surface area (Å²) in [6.45, 7) is 11.8. The molecule has 0 aromatic heterocycles. The Hall–Kier alpha value is -2.08. The number of anilines is 1. The van der Waals surface area contributed by atoms with Crippen LogP contribution in [0, 0.1) is 16.7 Å². The molecule has 1 atom stereocenters. The number of carbonyl (C=O) groups excluding carboxylic acids is 2. The number of urea groups is 1. The lowest BCUT2D eigenvalue weighted by atomic mass is 9.60. The van der Waals surface area contributed by atoms with Crippen LogP contribution in [0.3, 0.4) is 0 Å². The van der Waals surface area contributed by atoms with Crippen molar-refractivity contribution in [3.05, 3.63) is 29.8 Å². The molecule has 31 heavy (non-hydrogen) atoms. The van der Waals surface area contributed by atoms with Crippen LogP contribution in [0.5, 0.6) is 0 Å². The van der Waals surface area contributed by atoms with E-state index in [0.717, 1.165) is 57.5 Å². The van der Waals surface area contributed by atoms with Gasteiger partial charge in [0.15, 0.2) is 0 Å². The normalized spacial score (nSPS) is 25.9. The number of likely N-dealkylation sites (tertiary alicyclic amines) is 3. The van der Waals surface area contributed by atoms with Crippen molar-refractivity contribution < 1.29 is 9.59 Å². The van der Waals surface area contributed by atoms with Crippen molar-refractivity contribution in [1.29, 1.82) is 0 Å². The Bertz CT molecular complexity index is 813. The molecule has 6 nitrogen and oxygen atoms in total. The van der Waals surface area contributed by atoms with Gasteiger partial charge in [0.05, 0.1) is 5.41 Å². The number of hydrogen-bond donors (Lipinski definition) is 1.